The molecule has 176 valence electrons. The third-order valence-corrected chi connectivity index (χ3v) is 8.27. The molecule has 7 heteroatoms. The molecule has 1 amide bonds. The molecule has 1 heterocycles. The maximum atomic E-state index is 13.8. The molecule has 2 aromatic carbocycles. The van der Waals surface area contributed by atoms with Crippen molar-refractivity contribution in [2.24, 2.45) is 5.41 Å². The number of methoxy groups -OCH3 is 1. The number of halogens is 2. The zero-order valence-electron chi connectivity index (χ0n) is 19.2. The lowest BCUT2D eigenvalue weighted by Crippen LogP contribution is -2.58. The smallest absolute Gasteiger partial charge is 0.311 e. The second kappa shape index (κ2) is 8.45. The van der Waals surface area contributed by atoms with E-state index in [1.54, 1.807) is 12.1 Å². The SMILES string of the molecule is COC(=O)C12CCC(NC(=O)c3c(C)c(-c4ccc(F)cc4)nc4ccc(Br)cc34)(CC1)CC2. The number of benzene rings is 2. The van der Waals surface area contributed by atoms with Gasteiger partial charge in [0.1, 0.15) is 5.82 Å². The number of pyridine rings is 1. The van der Waals surface area contributed by atoms with Crippen LogP contribution in [0.25, 0.3) is 22.2 Å². The third-order valence-electron chi connectivity index (χ3n) is 7.78. The highest BCUT2D eigenvalue weighted by Gasteiger charge is 2.53. The molecule has 0 aliphatic heterocycles. The summed E-state index contributed by atoms with van der Waals surface area (Å²) >= 11 is 3.52. The van der Waals surface area contributed by atoms with Gasteiger partial charge in [-0.1, -0.05) is 15.9 Å². The van der Waals surface area contributed by atoms with Crippen LogP contribution in [0.15, 0.2) is 46.9 Å². The molecule has 0 atom stereocenters. The van der Waals surface area contributed by atoms with Crippen LogP contribution in [0.2, 0.25) is 0 Å². The predicted octanol–water partition coefficient (Wildman–Crippen LogP) is 6.11. The van der Waals surface area contributed by atoms with Gasteiger partial charge in [-0.25, -0.2) is 9.37 Å². The van der Waals surface area contributed by atoms with Crippen molar-refractivity contribution in [2.45, 2.75) is 51.0 Å². The number of esters is 1. The quantitative estimate of drug-likeness (QED) is 0.418. The minimum Gasteiger partial charge on any atom is -0.469 e. The number of nitrogens with zero attached hydrogens (tertiary/aromatic N) is 1. The zero-order valence-corrected chi connectivity index (χ0v) is 20.8. The second-order valence-corrected chi connectivity index (χ2v) is 10.6. The van der Waals surface area contributed by atoms with Gasteiger partial charge in [-0.3, -0.25) is 9.59 Å². The number of ether oxygens (including phenoxy) is 1. The first kappa shape index (κ1) is 23.0. The maximum Gasteiger partial charge on any atom is 0.311 e. The Morgan fingerprint density at radius 3 is 2.29 bits per heavy atom. The molecule has 0 unspecified atom stereocenters. The van der Waals surface area contributed by atoms with Crippen molar-refractivity contribution in [3.05, 3.63) is 63.9 Å². The topological polar surface area (TPSA) is 68.3 Å². The lowest BCUT2D eigenvalue weighted by molar-refractivity contribution is -0.160. The molecule has 0 saturated heterocycles. The first-order valence-electron chi connectivity index (χ1n) is 11.5. The van der Waals surface area contributed by atoms with Crippen LogP contribution in [0.3, 0.4) is 0 Å². The molecule has 0 spiro atoms. The Morgan fingerprint density at radius 1 is 1.03 bits per heavy atom. The van der Waals surface area contributed by atoms with Gasteiger partial charge in [0.05, 0.1) is 29.3 Å². The van der Waals surface area contributed by atoms with E-state index in [2.05, 4.69) is 21.2 Å². The van der Waals surface area contributed by atoms with Gasteiger partial charge in [-0.2, -0.15) is 0 Å². The molecular weight excluding hydrogens is 499 g/mol. The third kappa shape index (κ3) is 3.80. The number of carbonyl (C=O) groups is 2. The number of carbonyl (C=O) groups excluding carboxylic acids is 2. The van der Waals surface area contributed by atoms with E-state index in [1.807, 2.05) is 25.1 Å². The molecular formula is C27H26BrFN2O3. The fraction of sp³-hybridized carbons (Fsp3) is 0.370. The van der Waals surface area contributed by atoms with Gasteiger partial charge in [0.15, 0.2) is 0 Å². The number of aromatic nitrogens is 1. The lowest BCUT2D eigenvalue weighted by Gasteiger charge is -2.52. The molecule has 1 N–H and O–H groups in total. The van der Waals surface area contributed by atoms with Crippen LogP contribution in [-0.4, -0.2) is 29.5 Å². The molecule has 5 nitrogen and oxygen atoms in total. The average molecular weight is 525 g/mol. The van der Waals surface area contributed by atoms with E-state index >= 15 is 0 Å². The summed E-state index contributed by atoms with van der Waals surface area (Å²) in [5, 5.41) is 4.12. The monoisotopic (exact) mass is 524 g/mol. The molecule has 0 radical (unpaired) electrons. The van der Waals surface area contributed by atoms with Crippen molar-refractivity contribution in [1.29, 1.82) is 0 Å². The van der Waals surface area contributed by atoms with Gasteiger partial charge < -0.3 is 10.1 Å². The Kier molecular flexibility index (Phi) is 5.71. The normalized spacial score (nSPS) is 23.6. The zero-order chi connectivity index (χ0) is 24.1. The average Bonchev–Trinajstić information content (AvgIpc) is 2.84. The summed E-state index contributed by atoms with van der Waals surface area (Å²) in [5.74, 6) is -0.587. The summed E-state index contributed by atoms with van der Waals surface area (Å²) in [4.78, 5) is 31.0. The van der Waals surface area contributed by atoms with Crippen LogP contribution in [0, 0.1) is 18.2 Å². The molecule has 3 fully saturated rings. The first-order valence-corrected chi connectivity index (χ1v) is 12.3. The molecule has 3 saturated carbocycles. The van der Waals surface area contributed by atoms with Crippen LogP contribution >= 0.6 is 15.9 Å². The van der Waals surface area contributed by atoms with Crippen molar-refractivity contribution in [3.8, 4) is 11.3 Å². The predicted molar refractivity (Wildman–Crippen MR) is 132 cm³/mol. The van der Waals surface area contributed by atoms with E-state index < -0.39 is 5.41 Å². The number of hydrogen-bond acceptors (Lipinski definition) is 4. The highest BCUT2D eigenvalue weighted by molar-refractivity contribution is 9.10. The Hall–Kier alpha value is -2.80. The second-order valence-electron chi connectivity index (χ2n) is 9.64. The molecule has 3 aromatic rings. The minimum absolute atomic E-state index is 0.128. The molecule has 6 rings (SSSR count). The van der Waals surface area contributed by atoms with Gasteiger partial charge in [0.25, 0.3) is 5.91 Å². The summed E-state index contributed by atoms with van der Waals surface area (Å²) in [7, 11) is 1.45. The minimum atomic E-state index is -0.402. The van der Waals surface area contributed by atoms with Gasteiger partial charge in [-0.05, 0) is 93.5 Å². The van der Waals surface area contributed by atoms with Crippen LogP contribution in [0.4, 0.5) is 4.39 Å². The van der Waals surface area contributed by atoms with Crippen LogP contribution in [0.5, 0.6) is 0 Å². The maximum absolute atomic E-state index is 13.8. The van der Waals surface area contributed by atoms with Crippen LogP contribution in [0.1, 0.15) is 54.4 Å². The number of hydrogen-bond donors (Lipinski definition) is 1. The Bertz CT molecular complexity index is 1280. The van der Waals surface area contributed by atoms with E-state index in [4.69, 9.17) is 9.72 Å². The summed E-state index contributed by atoms with van der Waals surface area (Å²) in [6.45, 7) is 1.89. The van der Waals surface area contributed by atoms with Gasteiger partial charge in [-0.15, -0.1) is 0 Å². The summed E-state index contributed by atoms with van der Waals surface area (Å²) in [6.07, 6.45) is 4.44. The van der Waals surface area contributed by atoms with Gasteiger partial charge in [0.2, 0.25) is 0 Å². The van der Waals surface area contributed by atoms with Crippen LogP contribution in [-0.2, 0) is 9.53 Å². The summed E-state index contributed by atoms with van der Waals surface area (Å²) < 4.78 is 19.5. The van der Waals surface area contributed by atoms with Crippen molar-refractivity contribution in [1.82, 2.24) is 10.3 Å². The number of rotatable bonds is 4. The highest BCUT2D eigenvalue weighted by atomic mass is 79.9. The fourth-order valence-electron chi connectivity index (χ4n) is 5.71. The molecule has 34 heavy (non-hydrogen) atoms. The van der Waals surface area contributed by atoms with Crippen molar-refractivity contribution in [3.63, 3.8) is 0 Å². The van der Waals surface area contributed by atoms with E-state index in [1.165, 1.54) is 19.2 Å². The first-order chi connectivity index (χ1) is 16.3. The molecule has 3 aliphatic carbocycles. The van der Waals surface area contributed by atoms with Crippen LogP contribution < -0.4 is 5.32 Å². The van der Waals surface area contributed by atoms with Crippen molar-refractivity contribution in [2.75, 3.05) is 7.11 Å². The molecule has 1 aromatic heterocycles. The van der Waals surface area contributed by atoms with Gasteiger partial charge >= 0.3 is 5.97 Å². The van der Waals surface area contributed by atoms with E-state index in [0.717, 1.165) is 59.5 Å². The molecule has 3 aliphatic rings. The summed E-state index contributed by atoms with van der Waals surface area (Å²) in [5.41, 5.74) is 2.73. The van der Waals surface area contributed by atoms with E-state index in [-0.39, 0.29) is 23.2 Å². The largest absolute Gasteiger partial charge is 0.469 e. The Labute approximate surface area is 206 Å². The fourth-order valence-corrected chi connectivity index (χ4v) is 6.07. The lowest BCUT2D eigenvalue weighted by atomic mass is 9.57. The Morgan fingerprint density at radius 2 is 1.68 bits per heavy atom. The van der Waals surface area contributed by atoms with Crippen molar-refractivity contribution >= 4 is 38.7 Å². The van der Waals surface area contributed by atoms with E-state index in [9.17, 15) is 14.0 Å². The Balaban J connectivity index is 1.53. The van der Waals surface area contributed by atoms with Crippen molar-refractivity contribution < 1.29 is 18.7 Å². The summed E-state index contributed by atoms with van der Waals surface area (Å²) in [6, 6.07) is 11.9. The number of nitrogens with one attached hydrogen (secondary N) is 1. The standard InChI is InChI=1S/C27H26BrFN2O3/c1-16-22(24(32)31-27-12-9-26(10-13-27,11-14-27)25(33)34-2)20-15-18(28)5-8-21(20)30-23(16)17-3-6-19(29)7-4-17/h3-8,15H,9-14H2,1-2H3,(H,31,32). The number of amides is 1. The van der Waals surface area contributed by atoms with E-state index in [0.29, 0.717) is 16.8 Å². The molecule has 2 bridgehead atoms. The highest BCUT2D eigenvalue weighted by Crippen LogP contribution is 2.53. The van der Waals surface area contributed by atoms with Gasteiger partial charge in [0, 0.05) is 21.0 Å². The number of fused-ring (bicyclic) bond motifs is 4.